The van der Waals surface area contributed by atoms with Gasteiger partial charge in [-0.05, 0) is 17.7 Å². The lowest BCUT2D eigenvalue weighted by molar-refractivity contribution is 0.131. The molecule has 0 atom stereocenters. The van der Waals surface area contributed by atoms with E-state index in [-0.39, 0.29) is 0 Å². The molecule has 2 aromatic carbocycles. The molecular formula is C21H27N3O3. The van der Waals surface area contributed by atoms with Crippen molar-refractivity contribution in [2.24, 2.45) is 5.10 Å². The predicted molar refractivity (Wildman–Crippen MR) is 107 cm³/mol. The summed E-state index contributed by atoms with van der Waals surface area (Å²) in [6, 6.07) is 14.4. The van der Waals surface area contributed by atoms with Gasteiger partial charge in [-0.1, -0.05) is 30.3 Å². The van der Waals surface area contributed by atoms with Gasteiger partial charge in [0, 0.05) is 38.3 Å². The lowest BCUT2D eigenvalue weighted by Gasteiger charge is -2.33. The zero-order chi connectivity index (χ0) is 19.1. The summed E-state index contributed by atoms with van der Waals surface area (Å²) in [6.45, 7) is 4.78. The number of ether oxygens (including phenoxy) is 3. The van der Waals surface area contributed by atoms with Gasteiger partial charge in [-0.25, -0.2) is 0 Å². The molecule has 0 N–H and O–H groups in total. The third-order valence-corrected chi connectivity index (χ3v) is 4.69. The third-order valence-electron chi connectivity index (χ3n) is 4.69. The molecule has 2 aromatic rings. The Labute approximate surface area is 160 Å². The van der Waals surface area contributed by atoms with E-state index < -0.39 is 0 Å². The summed E-state index contributed by atoms with van der Waals surface area (Å²) in [4.78, 5) is 2.46. The van der Waals surface area contributed by atoms with Gasteiger partial charge in [0.15, 0.2) is 11.5 Å². The van der Waals surface area contributed by atoms with Crippen molar-refractivity contribution in [3.05, 3.63) is 53.6 Å². The highest BCUT2D eigenvalue weighted by Gasteiger charge is 2.17. The number of hydrazone groups is 1. The first kappa shape index (κ1) is 19.0. The quantitative estimate of drug-likeness (QED) is 0.703. The zero-order valence-corrected chi connectivity index (χ0v) is 16.2. The van der Waals surface area contributed by atoms with Crippen LogP contribution in [0.25, 0.3) is 0 Å². The maximum absolute atomic E-state index is 5.51. The number of hydrogen-bond donors (Lipinski definition) is 0. The fraction of sp³-hybridized carbons (Fsp3) is 0.381. The lowest BCUT2D eigenvalue weighted by Crippen LogP contribution is -2.43. The Morgan fingerprint density at radius 3 is 2.19 bits per heavy atom. The first-order valence-electron chi connectivity index (χ1n) is 9.09. The molecule has 144 valence electrons. The monoisotopic (exact) mass is 369 g/mol. The number of rotatable bonds is 7. The van der Waals surface area contributed by atoms with Crippen LogP contribution in [0.3, 0.4) is 0 Å². The molecule has 0 saturated carbocycles. The van der Waals surface area contributed by atoms with E-state index in [1.165, 1.54) is 5.56 Å². The van der Waals surface area contributed by atoms with Gasteiger partial charge in [-0.3, -0.25) is 9.91 Å². The molecule has 0 aromatic heterocycles. The van der Waals surface area contributed by atoms with Crippen LogP contribution in [0.15, 0.2) is 47.6 Å². The van der Waals surface area contributed by atoms with Gasteiger partial charge in [0.1, 0.15) is 0 Å². The predicted octanol–water partition coefficient (Wildman–Crippen LogP) is 2.86. The van der Waals surface area contributed by atoms with E-state index in [0.717, 1.165) is 38.3 Å². The molecule has 27 heavy (non-hydrogen) atoms. The molecule has 0 spiro atoms. The van der Waals surface area contributed by atoms with Crippen LogP contribution >= 0.6 is 0 Å². The largest absolute Gasteiger partial charge is 0.493 e. The number of hydrogen-bond acceptors (Lipinski definition) is 6. The number of piperazine rings is 1. The second-order valence-corrected chi connectivity index (χ2v) is 6.38. The maximum atomic E-state index is 5.51. The number of nitrogens with zero attached hydrogens (tertiary/aromatic N) is 3. The smallest absolute Gasteiger partial charge is 0.203 e. The maximum Gasteiger partial charge on any atom is 0.203 e. The van der Waals surface area contributed by atoms with Crippen molar-refractivity contribution in [1.82, 2.24) is 9.91 Å². The van der Waals surface area contributed by atoms with Gasteiger partial charge in [0.05, 0.1) is 27.5 Å². The van der Waals surface area contributed by atoms with Crippen molar-refractivity contribution < 1.29 is 14.2 Å². The Balaban J connectivity index is 1.61. The SMILES string of the molecule is COc1ccc(/C=N\N2CCN(Cc3ccccc3)CC2)c(OC)c1OC. The second-order valence-electron chi connectivity index (χ2n) is 6.38. The molecule has 3 rings (SSSR count). The number of benzene rings is 2. The molecule has 1 aliphatic rings. The van der Waals surface area contributed by atoms with Crippen LogP contribution in [-0.4, -0.2) is 63.6 Å². The van der Waals surface area contributed by atoms with Crippen LogP contribution in [0.5, 0.6) is 17.2 Å². The van der Waals surface area contributed by atoms with E-state index in [1.54, 1.807) is 21.3 Å². The molecule has 0 radical (unpaired) electrons. The second kappa shape index (κ2) is 9.28. The molecule has 1 aliphatic heterocycles. The first-order chi connectivity index (χ1) is 13.2. The Hall–Kier alpha value is -2.73. The van der Waals surface area contributed by atoms with E-state index in [2.05, 4.69) is 45.3 Å². The van der Waals surface area contributed by atoms with E-state index in [9.17, 15) is 0 Å². The molecule has 1 fully saturated rings. The van der Waals surface area contributed by atoms with Gasteiger partial charge in [0.25, 0.3) is 0 Å². The van der Waals surface area contributed by atoms with Gasteiger partial charge in [-0.15, -0.1) is 0 Å². The average Bonchev–Trinajstić information content (AvgIpc) is 2.73. The van der Waals surface area contributed by atoms with E-state index >= 15 is 0 Å². The van der Waals surface area contributed by atoms with Crippen LogP contribution in [0, 0.1) is 0 Å². The minimum atomic E-state index is 0.580. The van der Waals surface area contributed by atoms with Crippen LogP contribution in [-0.2, 0) is 6.54 Å². The summed E-state index contributed by atoms with van der Waals surface area (Å²) in [5.74, 6) is 1.85. The topological polar surface area (TPSA) is 46.5 Å². The van der Waals surface area contributed by atoms with Crippen molar-refractivity contribution in [3.8, 4) is 17.2 Å². The standard InChI is InChI=1S/C21H27N3O3/c1-25-19-10-9-18(20(26-2)21(19)27-3)15-22-24-13-11-23(12-14-24)16-17-7-5-4-6-8-17/h4-10,15H,11-14,16H2,1-3H3/b22-15-. The van der Waals surface area contributed by atoms with Crippen molar-refractivity contribution in [2.45, 2.75) is 6.54 Å². The Morgan fingerprint density at radius 2 is 1.56 bits per heavy atom. The van der Waals surface area contributed by atoms with Gasteiger partial charge < -0.3 is 14.2 Å². The van der Waals surface area contributed by atoms with Crippen molar-refractivity contribution in [3.63, 3.8) is 0 Å². The third kappa shape index (κ3) is 4.71. The van der Waals surface area contributed by atoms with Crippen molar-refractivity contribution in [1.29, 1.82) is 0 Å². The highest BCUT2D eigenvalue weighted by atomic mass is 16.5. The van der Waals surface area contributed by atoms with Gasteiger partial charge in [-0.2, -0.15) is 5.10 Å². The molecule has 0 bridgehead atoms. The lowest BCUT2D eigenvalue weighted by atomic mass is 10.2. The summed E-state index contributed by atoms with van der Waals surface area (Å²) in [5.41, 5.74) is 2.21. The molecule has 1 heterocycles. The fourth-order valence-corrected chi connectivity index (χ4v) is 3.22. The van der Waals surface area contributed by atoms with Crippen LogP contribution in [0.4, 0.5) is 0 Å². The fourth-order valence-electron chi connectivity index (χ4n) is 3.22. The minimum Gasteiger partial charge on any atom is -0.493 e. The zero-order valence-electron chi connectivity index (χ0n) is 16.2. The van der Waals surface area contributed by atoms with Gasteiger partial charge in [0.2, 0.25) is 5.75 Å². The van der Waals surface area contributed by atoms with Crippen molar-refractivity contribution >= 4 is 6.21 Å². The van der Waals surface area contributed by atoms with Crippen LogP contribution < -0.4 is 14.2 Å². The highest BCUT2D eigenvalue weighted by Crippen LogP contribution is 2.39. The minimum absolute atomic E-state index is 0.580. The van der Waals surface area contributed by atoms with E-state index in [4.69, 9.17) is 14.2 Å². The average molecular weight is 369 g/mol. The molecule has 6 nitrogen and oxygen atoms in total. The highest BCUT2D eigenvalue weighted by molar-refractivity contribution is 5.86. The Morgan fingerprint density at radius 1 is 0.852 bits per heavy atom. The van der Waals surface area contributed by atoms with E-state index in [1.807, 2.05) is 18.3 Å². The Kier molecular flexibility index (Phi) is 6.54. The summed E-state index contributed by atoms with van der Waals surface area (Å²) < 4.78 is 16.3. The summed E-state index contributed by atoms with van der Waals surface area (Å²) in [6.07, 6.45) is 1.83. The molecule has 1 saturated heterocycles. The summed E-state index contributed by atoms with van der Waals surface area (Å²) in [7, 11) is 4.84. The van der Waals surface area contributed by atoms with Crippen LogP contribution in [0.2, 0.25) is 0 Å². The normalized spacial score (nSPS) is 15.1. The first-order valence-corrected chi connectivity index (χ1v) is 9.09. The van der Waals surface area contributed by atoms with Crippen molar-refractivity contribution in [2.75, 3.05) is 47.5 Å². The summed E-state index contributed by atoms with van der Waals surface area (Å²) in [5, 5.41) is 6.73. The Bertz CT molecular complexity index is 757. The van der Waals surface area contributed by atoms with Crippen LogP contribution in [0.1, 0.15) is 11.1 Å². The molecule has 0 unspecified atom stereocenters. The molecule has 6 heteroatoms. The summed E-state index contributed by atoms with van der Waals surface area (Å²) >= 11 is 0. The number of methoxy groups -OCH3 is 3. The van der Waals surface area contributed by atoms with E-state index in [0.29, 0.717) is 17.2 Å². The van der Waals surface area contributed by atoms with Gasteiger partial charge >= 0.3 is 0 Å². The molecular weight excluding hydrogens is 342 g/mol. The molecule has 0 aliphatic carbocycles. The molecule has 0 amide bonds.